The number of benzene rings is 1. The van der Waals surface area contributed by atoms with Gasteiger partial charge in [0.25, 0.3) is 0 Å². The van der Waals surface area contributed by atoms with Crippen LogP contribution < -0.4 is 10.6 Å². The second-order valence-corrected chi connectivity index (χ2v) is 8.11. The van der Waals surface area contributed by atoms with Crippen LogP contribution in [0.5, 0.6) is 0 Å². The molecule has 1 atom stereocenters. The fourth-order valence-electron chi connectivity index (χ4n) is 3.72. The first-order valence-electron chi connectivity index (χ1n) is 11.5. The number of likely N-dealkylation sites (N-methyl/N-ethyl adjacent to an activating group) is 1. The third kappa shape index (κ3) is 9.44. The Labute approximate surface area is 191 Å². The van der Waals surface area contributed by atoms with Crippen molar-refractivity contribution in [3.63, 3.8) is 0 Å². The van der Waals surface area contributed by atoms with E-state index in [0.29, 0.717) is 0 Å². The number of unbranched alkanes of at least 4 members (excludes halogenated alkanes) is 5. The van der Waals surface area contributed by atoms with Gasteiger partial charge in [-0.25, -0.2) is 0 Å². The van der Waals surface area contributed by atoms with Crippen molar-refractivity contribution in [2.45, 2.75) is 57.4 Å². The number of rotatable bonds is 12. The molecule has 31 heavy (non-hydrogen) atoms. The molecular weight excluding hydrogens is 378 g/mol. The fraction of sp³-hybridized carbons (Fsp3) is 0.429. The monoisotopic (exact) mass is 421 g/mol. The summed E-state index contributed by atoms with van der Waals surface area (Å²) in [4.78, 5) is 2.18. The Balaban J connectivity index is 0.000000373. The molecule has 0 aliphatic carbocycles. The quantitative estimate of drug-likeness (QED) is 0.289. The molecule has 0 amide bonds. The van der Waals surface area contributed by atoms with Crippen molar-refractivity contribution < 1.29 is 0 Å². The van der Waals surface area contributed by atoms with Gasteiger partial charge in [-0.3, -0.25) is 0 Å². The van der Waals surface area contributed by atoms with Gasteiger partial charge in [-0.2, -0.15) is 0 Å². The molecular formula is C28H43N3. The Morgan fingerprint density at radius 1 is 1.13 bits per heavy atom. The Bertz CT molecular complexity index is 732. The highest BCUT2D eigenvalue weighted by molar-refractivity contribution is 5.71. The normalized spacial score (nSPS) is 15.4. The van der Waals surface area contributed by atoms with Crippen molar-refractivity contribution in [3.05, 3.63) is 85.8 Å². The Morgan fingerprint density at radius 2 is 1.81 bits per heavy atom. The molecule has 0 spiro atoms. The Hall–Kier alpha value is -2.52. The lowest BCUT2D eigenvalue weighted by molar-refractivity contribution is 0.341. The average molecular weight is 422 g/mol. The third-order valence-corrected chi connectivity index (χ3v) is 5.68. The fourth-order valence-corrected chi connectivity index (χ4v) is 3.72. The van der Waals surface area contributed by atoms with Crippen molar-refractivity contribution in [2.75, 3.05) is 20.6 Å². The van der Waals surface area contributed by atoms with Crippen LogP contribution in [0.3, 0.4) is 0 Å². The number of piperidine rings is 1. The Morgan fingerprint density at radius 3 is 2.45 bits per heavy atom. The molecule has 2 rings (SSSR count). The van der Waals surface area contributed by atoms with E-state index in [1.165, 1.54) is 45.1 Å². The number of hydrogen-bond acceptors (Lipinski definition) is 3. The second kappa shape index (κ2) is 15.3. The lowest BCUT2D eigenvalue weighted by Crippen LogP contribution is -2.39. The molecule has 1 saturated heterocycles. The zero-order valence-electron chi connectivity index (χ0n) is 19.9. The van der Waals surface area contributed by atoms with E-state index in [0.717, 1.165) is 41.1 Å². The van der Waals surface area contributed by atoms with Crippen LogP contribution >= 0.6 is 0 Å². The standard InChI is InChI=1S/C18H22N2.C10H21N/c1-6-16-9-7-8-10-17(16)15(4)20(5)18-12-11-13(2)19-14(18)3;1-3-4-5-6-7-8-9-10-11-2/h6-10,18-19H,1-4,11-12H2,5H3;3,11H,1,4-10H2,2H3. The van der Waals surface area contributed by atoms with Crippen molar-refractivity contribution >= 4 is 11.8 Å². The van der Waals surface area contributed by atoms with E-state index in [2.05, 4.69) is 67.6 Å². The molecule has 1 aliphatic heterocycles. The van der Waals surface area contributed by atoms with Crippen LogP contribution in [0.2, 0.25) is 0 Å². The zero-order chi connectivity index (χ0) is 23.1. The van der Waals surface area contributed by atoms with Crippen molar-refractivity contribution in [1.82, 2.24) is 15.5 Å². The molecule has 1 aliphatic rings. The second-order valence-electron chi connectivity index (χ2n) is 8.11. The lowest BCUT2D eigenvalue weighted by atomic mass is 9.98. The number of allylic oxidation sites excluding steroid dienone is 2. The summed E-state index contributed by atoms with van der Waals surface area (Å²) < 4.78 is 0. The van der Waals surface area contributed by atoms with Gasteiger partial charge >= 0.3 is 0 Å². The summed E-state index contributed by atoms with van der Waals surface area (Å²) >= 11 is 0. The van der Waals surface area contributed by atoms with E-state index in [1.807, 2.05) is 31.3 Å². The largest absolute Gasteiger partial charge is 0.366 e. The maximum Gasteiger partial charge on any atom is 0.0686 e. The summed E-state index contributed by atoms with van der Waals surface area (Å²) in [6, 6.07) is 8.41. The van der Waals surface area contributed by atoms with Crippen molar-refractivity contribution in [3.8, 4) is 0 Å². The molecule has 3 heteroatoms. The van der Waals surface area contributed by atoms with E-state index < -0.39 is 0 Å². The molecule has 2 N–H and O–H groups in total. The molecule has 3 nitrogen and oxygen atoms in total. The van der Waals surface area contributed by atoms with Gasteiger partial charge in [0.15, 0.2) is 0 Å². The van der Waals surface area contributed by atoms with E-state index >= 15 is 0 Å². The van der Waals surface area contributed by atoms with Gasteiger partial charge < -0.3 is 15.5 Å². The first-order chi connectivity index (χ1) is 15.0. The summed E-state index contributed by atoms with van der Waals surface area (Å²) in [5.41, 5.74) is 5.23. The van der Waals surface area contributed by atoms with Gasteiger partial charge in [0.05, 0.1) is 6.04 Å². The number of hydrogen-bond donors (Lipinski definition) is 2. The predicted octanol–water partition coefficient (Wildman–Crippen LogP) is 6.74. The zero-order valence-corrected chi connectivity index (χ0v) is 19.9. The maximum absolute atomic E-state index is 4.25. The van der Waals surface area contributed by atoms with Gasteiger partial charge in [-0.05, 0) is 51.3 Å². The minimum atomic E-state index is 0.242. The molecule has 0 bridgehead atoms. The van der Waals surface area contributed by atoms with Gasteiger partial charge in [0, 0.05) is 29.7 Å². The summed E-state index contributed by atoms with van der Waals surface area (Å²) in [7, 11) is 4.07. The molecule has 0 saturated carbocycles. The van der Waals surface area contributed by atoms with Crippen LogP contribution in [0, 0.1) is 0 Å². The minimum absolute atomic E-state index is 0.242. The molecule has 1 aromatic rings. The minimum Gasteiger partial charge on any atom is -0.366 e. The summed E-state index contributed by atoms with van der Waals surface area (Å²) in [5, 5.41) is 6.41. The van der Waals surface area contributed by atoms with Crippen molar-refractivity contribution in [2.24, 2.45) is 0 Å². The van der Waals surface area contributed by atoms with E-state index in [4.69, 9.17) is 0 Å². The highest BCUT2D eigenvalue weighted by atomic mass is 15.2. The molecule has 0 aromatic heterocycles. The van der Waals surface area contributed by atoms with Crippen LogP contribution in [0.15, 0.2) is 74.6 Å². The number of nitrogens with one attached hydrogen (secondary N) is 2. The van der Waals surface area contributed by atoms with Gasteiger partial charge in [0.2, 0.25) is 0 Å². The SMILES string of the molecule is C=CCCCCCCCNC.C=Cc1ccccc1C(=C)N(C)C1CCC(=C)NC1=C. The number of nitrogens with zero attached hydrogens (tertiary/aromatic N) is 1. The highest BCUT2D eigenvalue weighted by Gasteiger charge is 2.24. The van der Waals surface area contributed by atoms with Gasteiger partial charge in [-0.15, -0.1) is 6.58 Å². The molecule has 0 radical (unpaired) electrons. The van der Waals surface area contributed by atoms with Crippen LogP contribution in [0.1, 0.15) is 62.5 Å². The maximum atomic E-state index is 4.25. The van der Waals surface area contributed by atoms with E-state index in [1.54, 1.807) is 0 Å². The smallest absolute Gasteiger partial charge is 0.0686 e. The summed E-state index contributed by atoms with van der Waals surface area (Å²) in [6.07, 6.45) is 13.8. The van der Waals surface area contributed by atoms with Crippen molar-refractivity contribution in [1.29, 1.82) is 0 Å². The van der Waals surface area contributed by atoms with Gasteiger partial charge in [0.1, 0.15) is 0 Å². The third-order valence-electron chi connectivity index (χ3n) is 5.68. The van der Waals surface area contributed by atoms with E-state index in [-0.39, 0.29) is 6.04 Å². The lowest BCUT2D eigenvalue weighted by Gasteiger charge is -2.37. The first kappa shape index (κ1) is 26.5. The van der Waals surface area contributed by atoms with Crippen LogP contribution in [-0.4, -0.2) is 31.6 Å². The summed E-state index contributed by atoms with van der Waals surface area (Å²) in [6.45, 7) is 21.1. The van der Waals surface area contributed by atoms with E-state index in [9.17, 15) is 0 Å². The first-order valence-corrected chi connectivity index (χ1v) is 11.5. The molecule has 1 heterocycles. The molecule has 1 fully saturated rings. The molecule has 1 aromatic carbocycles. The predicted molar refractivity (Wildman–Crippen MR) is 140 cm³/mol. The van der Waals surface area contributed by atoms with Crippen LogP contribution in [-0.2, 0) is 0 Å². The Kier molecular flexibility index (Phi) is 13.1. The molecule has 170 valence electrons. The summed E-state index contributed by atoms with van der Waals surface area (Å²) in [5.74, 6) is 0. The van der Waals surface area contributed by atoms with Crippen LogP contribution in [0.4, 0.5) is 0 Å². The highest BCUT2D eigenvalue weighted by Crippen LogP contribution is 2.28. The van der Waals surface area contributed by atoms with Gasteiger partial charge in [-0.1, -0.05) is 82.0 Å². The average Bonchev–Trinajstić information content (AvgIpc) is 2.78. The topological polar surface area (TPSA) is 27.3 Å². The van der Waals surface area contributed by atoms with Crippen LogP contribution in [0.25, 0.3) is 11.8 Å². The molecule has 1 unspecified atom stereocenters.